The Morgan fingerprint density at radius 3 is 2.64 bits per heavy atom. The molecule has 0 radical (unpaired) electrons. The van der Waals surface area contributed by atoms with Gasteiger partial charge in [-0.2, -0.15) is 0 Å². The van der Waals surface area contributed by atoms with E-state index in [0.717, 1.165) is 22.8 Å². The van der Waals surface area contributed by atoms with Crippen LogP contribution in [0.2, 0.25) is 0 Å². The zero-order chi connectivity index (χ0) is 15.5. The van der Waals surface area contributed by atoms with E-state index >= 15 is 0 Å². The highest BCUT2D eigenvalue weighted by atomic mass is 32.1. The predicted octanol–water partition coefficient (Wildman–Crippen LogP) is 3.26. The molecule has 1 N–H and O–H groups in total. The van der Waals surface area contributed by atoms with Gasteiger partial charge in [0.05, 0.1) is 5.69 Å². The third-order valence-electron chi connectivity index (χ3n) is 3.40. The number of carbonyl (C=O) groups is 1. The fourth-order valence-electron chi connectivity index (χ4n) is 2.21. The summed E-state index contributed by atoms with van der Waals surface area (Å²) in [6, 6.07) is 9.68. The minimum atomic E-state index is -0.0793. The van der Waals surface area contributed by atoms with E-state index < -0.39 is 0 Å². The van der Waals surface area contributed by atoms with Crippen LogP contribution in [-0.2, 0) is 11.3 Å². The van der Waals surface area contributed by atoms with Crippen molar-refractivity contribution in [2.24, 2.45) is 0 Å². The number of hydrogen-bond donors (Lipinski definition) is 1. The molecule has 1 amide bonds. The van der Waals surface area contributed by atoms with E-state index in [9.17, 15) is 4.79 Å². The lowest BCUT2D eigenvalue weighted by atomic mass is 10.3. The summed E-state index contributed by atoms with van der Waals surface area (Å²) < 4.78 is 1.97. The van der Waals surface area contributed by atoms with Gasteiger partial charge in [-0.3, -0.25) is 9.78 Å². The van der Waals surface area contributed by atoms with E-state index in [4.69, 9.17) is 0 Å². The molecule has 22 heavy (non-hydrogen) atoms. The lowest BCUT2D eigenvalue weighted by molar-refractivity contribution is -0.116. The van der Waals surface area contributed by atoms with Gasteiger partial charge in [-0.1, -0.05) is 6.07 Å². The van der Waals surface area contributed by atoms with Gasteiger partial charge in [-0.15, -0.1) is 11.3 Å². The van der Waals surface area contributed by atoms with Crippen molar-refractivity contribution in [3.63, 3.8) is 0 Å². The zero-order valence-corrected chi connectivity index (χ0v) is 13.2. The second kappa shape index (κ2) is 6.11. The molecule has 112 valence electrons. The van der Waals surface area contributed by atoms with Crippen LogP contribution in [0.15, 0.2) is 41.9 Å². The highest BCUT2D eigenvalue weighted by Crippen LogP contribution is 2.23. The van der Waals surface area contributed by atoms with E-state index in [2.05, 4.69) is 15.3 Å². The molecular formula is C16H16N4OS. The van der Waals surface area contributed by atoms with Crippen LogP contribution < -0.4 is 5.32 Å². The number of pyridine rings is 1. The summed E-state index contributed by atoms with van der Waals surface area (Å²) in [6.07, 6.45) is 1.73. The Morgan fingerprint density at radius 2 is 1.95 bits per heavy atom. The van der Waals surface area contributed by atoms with Crippen LogP contribution in [0.1, 0.15) is 11.4 Å². The Kier molecular flexibility index (Phi) is 4.02. The Balaban J connectivity index is 1.69. The van der Waals surface area contributed by atoms with Crippen LogP contribution in [0.5, 0.6) is 0 Å². The van der Waals surface area contributed by atoms with E-state index in [-0.39, 0.29) is 5.91 Å². The van der Waals surface area contributed by atoms with E-state index in [1.807, 2.05) is 54.1 Å². The van der Waals surface area contributed by atoms with Crippen molar-refractivity contribution in [2.75, 3.05) is 5.32 Å². The molecule has 3 rings (SSSR count). The molecule has 0 spiro atoms. The van der Waals surface area contributed by atoms with Crippen molar-refractivity contribution < 1.29 is 4.79 Å². The molecule has 0 aliphatic heterocycles. The molecule has 0 aromatic carbocycles. The highest BCUT2D eigenvalue weighted by Gasteiger charge is 2.11. The average Bonchev–Trinajstić information content (AvgIpc) is 3.10. The number of hydrogen-bond acceptors (Lipinski definition) is 4. The number of rotatable bonds is 4. The van der Waals surface area contributed by atoms with Crippen molar-refractivity contribution in [3.8, 4) is 11.4 Å². The number of nitrogens with zero attached hydrogens (tertiary/aromatic N) is 3. The SMILES string of the molecule is Cc1ccc(C)n1CC(=O)Nc1nc(-c2ccccn2)cs1. The van der Waals surface area contributed by atoms with Crippen molar-refractivity contribution in [3.05, 3.63) is 53.3 Å². The smallest absolute Gasteiger partial charge is 0.246 e. The molecule has 5 nitrogen and oxygen atoms in total. The van der Waals surface area contributed by atoms with E-state index in [1.54, 1.807) is 6.20 Å². The summed E-state index contributed by atoms with van der Waals surface area (Å²) in [5.41, 5.74) is 3.72. The molecule has 0 unspecified atom stereocenters. The van der Waals surface area contributed by atoms with Crippen LogP contribution in [0, 0.1) is 13.8 Å². The lowest BCUT2D eigenvalue weighted by Crippen LogP contribution is -2.20. The summed E-state index contributed by atoms with van der Waals surface area (Å²) in [6.45, 7) is 4.27. The topological polar surface area (TPSA) is 59.8 Å². The first kappa shape index (κ1) is 14.5. The van der Waals surface area contributed by atoms with Crippen LogP contribution in [0.3, 0.4) is 0 Å². The van der Waals surface area contributed by atoms with Gasteiger partial charge in [0.1, 0.15) is 12.2 Å². The van der Waals surface area contributed by atoms with Crippen molar-refractivity contribution >= 4 is 22.4 Å². The molecule has 3 aromatic rings. The summed E-state index contributed by atoms with van der Waals surface area (Å²) in [7, 11) is 0. The molecule has 0 aliphatic carbocycles. The van der Waals surface area contributed by atoms with Crippen LogP contribution in [0.25, 0.3) is 11.4 Å². The summed E-state index contributed by atoms with van der Waals surface area (Å²) in [5, 5.41) is 5.33. The molecule has 3 aromatic heterocycles. The number of aromatic nitrogens is 3. The molecule has 0 fully saturated rings. The predicted molar refractivity (Wildman–Crippen MR) is 87.9 cm³/mol. The van der Waals surface area contributed by atoms with E-state index in [0.29, 0.717) is 11.7 Å². The summed E-state index contributed by atoms with van der Waals surface area (Å²) >= 11 is 1.40. The quantitative estimate of drug-likeness (QED) is 0.804. The molecule has 3 heterocycles. The number of thiazole rings is 1. The second-order valence-corrected chi connectivity index (χ2v) is 5.86. The Hall–Kier alpha value is -2.47. The van der Waals surface area contributed by atoms with Crippen molar-refractivity contribution in [2.45, 2.75) is 20.4 Å². The van der Waals surface area contributed by atoms with Gasteiger partial charge >= 0.3 is 0 Å². The molecule has 0 saturated heterocycles. The number of aryl methyl sites for hydroxylation is 2. The third-order valence-corrected chi connectivity index (χ3v) is 4.15. The summed E-state index contributed by atoms with van der Waals surface area (Å²) in [5.74, 6) is -0.0793. The normalized spacial score (nSPS) is 10.6. The summed E-state index contributed by atoms with van der Waals surface area (Å²) in [4.78, 5) is 20.8. The second-order valence-electron chi connectivity index (χ2n) is 5.00. The van der Waals surface area contributed by atoms with E-state index in [1.165, 1.54) is 11.3 Å². The first-order chi connectivity index (χ1) is 10.6. The maximum absolute atomic E-state index is 12.1. The molecular weight excluding hydrogens is 296 g/mol. The maximum Gasteiger partial charge on any atom is 0.246 e. The van der Waals surface area contributed by atoms with Gasteiger partial charge in [-0.25, -0.2) is 4.98 Å². The van der Waals surface area contributed by atoms with Crippen molar-refractivity contribution in [1.29, 1.82) is 0 Å². The Labute approximate surface area is 132 Å². The van der Waals surface area contributed by atoms with Gasteiger partial charge in [0.15, 0.2) is 5.13 Å². The number of carbonyl (C=O) groups excluding carboxylic acids is 1. The number of anilines is 1. The van der Waals surface area contributed by atoms with Crippen LogP contribution in [0.4, 0.5) is 5.13 Å². The largest absolute Gasteiger partial charge is 0.340 e. The maximum atomic E-state index is 12.1. The minimum absolute atomic E-state index is 0.0793. The van der Waals surface area contributed by atoms with Gasteiger partial charge in [-0.05, 0) is 38.1 Å². The average molecular weight is 312 g/mol. The van der Waals surface area contributed by atoms with Crippen LogP contribution >= 0.6 is 11.3 Å². The fraction of sp³-hybridized carbons (Fsp3) is 0.188. The van der Waals surface area contributed by atoms with Gasteiger partial charge < -0.3 is 9.88 Å². The Morgan fingerprint density at radius 1 is 1.18 bits per heavy atom. The molecule has 0 aliphatic rings. The van der Waals surface area contributed by atoms with Crippen LogP contribution in [-0.4, -0.2) is 20.4 Å². The number of amides is 1. The lowest BCUT2D eigenvalue weighted by Gasteiger charge is -2.08. The molecule has 0 atom stereocenters. The first-order valence-electron chi connectivity index (χ1n) is 6.93. The first-order valence-corrected chi connectivity index (χ1v) is 7.81. The monoisotopic (exact) mass is 312 g/mol. The highest BCUT2D eigenvalue weighted by molar-refractivity contribution is 7.14. The fourth-order valence-corrected chi connectivity index (χ4v) is 2.93. The molecule has 0 bridgehead atoms. The van der Waals surface area contributed by atoms with Gasteiger partial charge in [0, 0.05) is 23.0 Å². The van der Waals surface area contributed by atoms with Crippen molar-refractivity contribution in [1.82, 2.24) is 14.5 Å². The third kappa shape index (κ3) is 3.07. The molecule has 6 heteroatoms. The molecule has 0 saturated carbocycles. The van der Waals surface area contributed by atoms with Gasteiger partial charge in [0.25, 0.3) is 0 Å². The number of nitrogens with one attached hydrogen (secondary N) is 1. The standard InChI is InChI=1S/C16H16N4OS/c1-11-6-7-12(2)20(11)9-15(21)19-16-18-14(10-22-16)13-5-3-4-8-17-13/h3-8,10H,9H2,1-2H3,(H,18,19,21). The Bertz CT molecular complexity index is 772. The van der Waals surface area contributed by atoms with Gasteiger partial charge in [0.2, 0.25) is 5.91 Å². The minimum Gasteiger partial charge on any atom is -0.340 e. The zero-order valence-electron chi connectivity index (χ0n) is 12.4.